The number of nitrogens with zero attached hydrogens (tertiary/aromatic N) is 3. The number of pyridine rings is 1. The summed E-state index contributed by atoms with van der Waals surface area (Å²) in [6.07, 6.45) is 3.37. The first kappa shape index (κ1) is 20.2. The van der Waals surface area contributed by atoms with E-state index in [1.54, 1.807) is 52.0 Å². The number of rotatable bonds is 6. The van der Waals surface area contributed by atoms with Gasteiger partial charge >= 0.3 is 5.97 Å². The third-order valence-corrected chi connectivity index (χ3v) is 4.78. The van der Waals surface area contributed by atoms with Gasteiger partial charge in [0.1, 0.15) is 6.61 Å². The zero-order valence-electron chi connectivity index (χ0n) is 15.5. The molecular weight excluding hydrogens is 401 g/mol. The van der Waals surface area contributed by atoms with Crippen LogP contribution in [0.1, 0.15) is 40.3 Å². The van der Waals surface area contributed by atoms with E-state index < -0.39 is 5.97 Å². The third kappa shape index (κ3) is 4.29. The lowest BCUT2D eigenvalue weighted by Gasteiger charge is -2.18. The Kier molecular flexibility index (Phi) is 6.21. The maximum absolute atomic E-state index is 12.3. The molecule has 0 aliphatic rings. The van der Waals surface area contributed by atoms with Gasteiger partial charge in [-0.25, -0.2) is 9.78 Å². The highest BCUT2D eigenvalue weighted by atomic mass is 35.5. The minimum absolute atomic E-state index is 0.00537. The number of imidazole rings is 1. The second kappa shape index (κ2) is 8.63. The Morgan fingerprint density at radius 3 is 2.36 bits per heavy atom. The number of hydrogen-bond acceptors (Lipinski definition) is 4. The molecule has 0 radical (unpaired) electrons. The Labute approximate surface area is 172 Å². The lowest BCUT2D eigenvalue weighted by Crippen LogP contribution is -2.30. The molecule has 0 aliphatic heterocycles. The van der Waals surface area contributed by atoms with Crippen LogP contribution in [0.2, 0.25) is 10.0 Å². The molecule has 0 saturated heterocycles. The fourth-order valence-electron chi connectivity index (χ4n) is 2.81. The number of benzene rings is 1. The lowest BCUT2D eigenvalue weighted by atomic mass is 10.1. The van der Waals surface area contributed by atoms with Gasteiger partial charge in [-0.15, -0.1) is 0 Å². The monoisotopic (exact) mass is 419 g/mol. The summed E-state index contributed by atoms with van der Waals surface area (Å²) in [5, 5.41) is 0.899. The van der Waals surface area contributed by atoms with Gasteiger partial charge in [0, 0.05) is 31.0 Å². The summed E-state index contributed by atoms with van der Waals surface area (Å²) < 4.78 is 7.00. The van der Waals surface area contributed by atoms with Crippen LogP contribution in [-0.2, 0) is 11.3 Å². The molecule has 146 valence electrons. The van der Waals surface area contributed by atoms with Crippen LogP contribution in [0, 0.1) is 0 Å². The van der Waals surface area contributed by atoms with Crippen molar-refractivity contribution in [3.63, 3.8) is 0 Å². The zero-order chi connectivity index (χ0) is 20.3. The van der Waals surface area contributed by atoms with Crippen LogP contribution in [0.4, 0.5) is 0 Å². The van der Waals surface area contributed by atoms with Crippen molar-refractivity contribution in [2.45, 2.75) is 20.5 Å². The number of ether oxygens (including phenoxy) is 1. The van der Waals surface area contributed by atoms with Crippen LogP contribution >= 0.6 is 23.2 Å². The van der Waals surface area contributed by atoms with Gasteiger partial charge in [0.2, 0.25) is 0 Å². The van der Waals surface area contributed by atoms with Crippen molar-refractivity contribution in [3.8, 4) is 0 Å². The first-order valence-electron chi connectivity index (χ1n) is 8.82. The lowest BCUT2D eigenvalue weighted by molar-refractivity contribution is 0.0468. The quantitative estimate of drug-likeness (QED) is 0.552. The van der Waals surface area contributed by atoms with E-state index in [0.717, 1.165) is 0 Å². The van der Waals surface area contributed by atoms with Gasteiger partial charge in [-0.05, 0) is 44.2 Å². The molecule has 28 heavy (non-hydrogen) atoms. The largest absolute Gasteiger partial charge is 0.456 e. The zero-order valence-corrected chi connectivity index (χ0v) is 17.0. The molecular formula is C20H19Cl2N3O3. The SMILES string of the molecule is CCN(CC)C(=O)c1ccc(C(=O)OCc2cn3cc(Cl)cc(Cl)c3n2)cc1. The predicted octanol–water partition coefficient (Wildman–Crippen LogP) is 4.48. The van der Waals surface area contributed by atoms with Gasteiger partial charge < -0.3 is 14.0 Å². The first-order chi connectivity index (χ1) is 13.4. The van der Waals surface area contributed by atoms with E-state index in [1.807, 2.05) is 13.8 Å². The average molecular weight is 420 g/mol. The molecule has 0 N–H and O–H groups in total. The van der Waals surface area contributed by atoms with Crippen molar-refractivity contribution < 1.29 is 14.3 Å². The van der Waals surface area contributed by atoms with Gasteiger partial charge in [-0.1, -0.05) is 23.2 Å². The number of amides is 1. The van der Waals surface area contributed by atoms with E-state index in [-0.39, 0.29) is 12.5 Å². The number of carbonyl (C=O) groups excluding carboxylic acids is 2. The molecule has 0 fully saturated rings. The number of esters is 1. The predicted molar refractivity (Wildman–Crippen MR) is 108 cm³/mol. The molecule has 2 aromatic heterocycles. The molecule has 1 aromatic carbocycles. The average Bonchev–Trinajstić information content (AvgIpc) is 3.10. The summed E-state index contributed by atoms with van der Waals surface area (Å²) >= 11 is 12.1. The number of fused-ring (bicyclic) bond motifs is 1. The molecule has 2 heterocycles. The van der Waals surface area contributed by atoms with Crippen LogP contribution < -0.4 is 0 Å². The third-order valence-electron chi connectivity index (χ3n) is 4.29. The maximum atomic E-state index is 12.3. The minimum Gasteiger partial charge on any atom is -0.456 e. The topological polar surface area (TPSA) is 63.9 Å². The van der Waals surface area contributed by atoms with Crippen molar-refractivity contribution >= 4 is 40.7 Å². The summed E-state index contributed by atoms with van der Waals surface area (Å²) in [5.41, 5.74) is 1.98. The molecule has 0 saturated carbocycles. The summed E-state index contributed by atoms with van der Waals surface area (Å²) in [4.78, 5) is 30.7. The summed E-state index contributed by atoms with van der Waals surface area (Å²) in [6.45, 7) is 5.11. The van der Waals surface area contributed by atoms with E-state index in [0.29, 0.717) is 45.6 Å². The second-order valence-corrected chi connectivity index (χ2v) is 6.94. The van der Waals surface area contributed by atoms with E-state index in [4.69, 9.17) is 27.9 Å². The molecule has 0 spiro atoms. The summed E-state index contributed by atoms with van der Waals surface area (Å²) in [7, 11) is 0. The Bertz CT molecular complexity index is 1010. The molecule has 0 atom stereocenters. The van der Waals surface area contributed by atoms with Crippen LogP contribution in [-0.4, -0.2) is 39.3 Å². The minimum atomic E-state index is -0.497. The highest BCUT2D eigenvalue weighted by Gasteiger charge is 2.15. The molecule has 3 aromatic rings. The summed E-state index contributed by atoms with van der Waals surface area (Å²) in [5.74, 6) is -0.562. The van der Waals surface area contributed by atoms with Crippen LogP contribution in [0.3, 0.4) is 0 Å². The second-order valence-electron chi connectivity index (χ2n) is 6.10. The normalized spacial score (nSPS) is 10.9. The van der Waals surface area contributed by atoms with Gasteiger partial charge in [0.15, 0.2) is 5.65 Å². The van der Waals surface area contributed by atoms with E-state index in [1.165, 1.54) is 0 Å². The molecule has 0 bridgehead atoms. The van der Waals surface area contributed by atoms with Gasteiger partial charge in [-0.3, -0.25) is 4.79 Å². The molecule has 1 amide bonds. The Balaban J connectivity index is 1.67. The van der Waals surface area contributed by atoms with E-state index in [9.17, 15) is 9.59 Å². The summed E-state index contributed by atoms with van der Waals surface area (Å²) in [6, 6.07) is 8.02. The fourth-order valence-corrected chi connectivity index (χ4v) is 3.34. The number of carbonyl (C=O) groups is 2. The highest BCUT2D eigenvalue weighted by Crippen LogP contribution is 2.22. The van der Waals surface area contributed by atoms with E-state index >= 15 is 0 Å². The highest BCUT2D eigenvalue weighted by molar-refractivity contribution is 6.36. The van der Waals surface area contributed by atoms with Crippen LogP contribution in [0.5, 0.6) is 0 Å². The number of hydrogen-bond donors (Lipinski definition) is 0. The Morgan fingerprint density at radius 2 is 1.71 bits per heavy atom. The first-order valence-corrected chi connectivity index (χ1v) is 9.57. The Hall–Kier alpha value is -2.57. The number of halogens is 2. The van der Waals surface area contributed by atoms with Crippen molar-refractivity contribution in [2.75, 3.05) is 13.1 Å². The van der Waals surface area contributed by atoms with Crippen LogP contribution in [0.25, 0.3) is 5.65 Å². The molecule has 3 rings (SSSR count). The van der Waals surface area contributed by atoms with Gasteiger partial charge in [-0.2, -0.15) is 0 Å². The van der Waals surface area contributed by atoms with Crippen molar-refractivity contribution in [1.29, 1.82) is 0 Å². The van der Waals surface area contributed by atoms with Crippen molar-refractivity contribution in [1.82, 2.24) is 14.3 Å². The number of aromatic nitrogens is 2. The van der Waals surface area contributed by atoms with Crippen molar-refractivity contribution in [2.24, 2.45) is 0 Å². The van der Waals surface area contributed by atoms with Crippen molar-refractivity contribution in [3.05, 3.63) is 69.6 Å². The molecule has 6 nitrogen and oxygen atoms in total. The van der Waals surface area contributed by atoms with E-state index in [2.05, 4.69) is 4.98 Å². The van der Waals surface area contributed by atoms with Crippen LogP contribution in [0.15, 0.2) is 42.7 Å². The smallest absolute Gasteiger partial charge is 0.338 e. The molecule has 0 unspecified atom stereocenters. The molecule has 8 heteroatoms. The Morgan fingerprint density at radius 1 is 1.07 bits per heavy atom. The maximum Gasteiger partial charge on any atom is 0.338 e. The van der Waals surface area contributed by atoms with Gasteiger partial charge in [0.05, 0.1) is 21.3 Å². The molecule has 0 aliphatic carbocycles. The van der Waals surface area contributed by atoms with Gasteiger partial charge in [0.25, 0.3) is 5.91 Å². The standard InChI is InChI=1S/C20H19Cl2N3O3/c1-3-24(4-2)19(26)13-5-7-14(8-6-13)20(27)28-12-16-11-25-10-15(21)9-17(22)18(25)23-16/h5-11H,3-4,12H2,1-2H3. The fraction of sp³-hybridized carbons (Fsp3) is 0.250.